The summed E-state index contributed by atoms with van der Waals surface area (Å²) in [6.07, 6.45) is -2.86. The van der Waals surface area contributed by atoms with Gasteiger partial charge in [0, 0.05) is 17.0 Å². The average molecular weight is 492 g/mol. The number of carbonyl (C=O) groups is 1. The first-order chi connectivity index (χ1) is 17.3. The average Bonchev–Trinajstić information content (AvgIpc) is 3.38. The van der Waals surface area contributed by atoms with Crippen molar-refractivity contribution in [3.05, 3.63) is 102 Å². The Morgan fingerprint density at radius 2 is 1.72 bits per heavy atom. The summed E-state index contributed by atoms with van der Waals surface area (Å²) >= 11 is 0. The van der Waals surface area contributed by atoms with E-state index in [1.807, 2.05) is 12.1 Å². The van der Waals surface area contributed by atoms with Crippen LogP contribution in [0.1, 0.15) is 21.7 Å². The van der Waals surface area contributed by atoms with Gasteiger partial charge in [-0.05, 0) is 48.0 Å². The molecule has 36 heavy (non-hydrogen) atoms. The van der Waals surface area contributed by atoms with Crippen LogP contribution < -0.4 is 4.74 Å². The second-order valence-corrected chi connectivity index (χ2v) is 7.90. The lowest BCUT2D eigenvalue weighted by Crippen LogP contribution is -2.04. The number of alkyl halides is 3. The number of rotatable bonds is 3. The Bertz CT molecular complexity index is 1540. The molecule has 2 bridgehead atoms. The Kier molecular flexibility index (Phi) is 5.97. The molecule has 0 atom stereocenters. The van der Waals surface area contributed by atoms with Crippen LogP contribution in [0.4, 0.5) is 17.6 Å². The van der Waals surface area contributed by atoms with E-state index in [0.29, 0.717) is 11.7 Å². The number of benzene rings is 3. The zero-order chi connectivity index (χ0) is 25.3. The van der Waals surface area contributed by atoms with Crippen molar-refractivity contribution < 1.29 is 31.5 Å². The van der Waals surface area contributed by atoms with Crippen LogP contribution in [0.3, 0.4) is 0 Å². The molecule has 9 heteroatoms. The molecular weight excluding hydrogens is 476 g/mol. The first-order valence-electron chi connectivity index (χ1n) is 10.7. The van der Waals surface area contributed by atoms with Gasteiger partial charge < -0.3 is 9.15 Å². The maximum absolute atomic E-state index is 14.5. The smallest absolute Gasteiger partial charge is 0.416 e. The van der Waals surface area contributed by atoms with Gasteiger partial charge in [-0.25, -0.2) is 14.4 Å². The summed E-state index contributed by atoms with van der Waals surface area (Å²) in [6.45, 7) is 0.766. The fourth-order valence-electron chi connectivity index (χ4n) is 3.75. The molecule has 2 aromatic heterocycles. The highest BCUT2D eigenvalue weighted by Crippen LogP contribution is 2.35. The molecule has 0 saturated heterocycles. The van der Waals surface area contributed by atoms with E-state index in [2.05, 4.69) is 22.1 Å². The summed E-state index contributed by atoms with van der Waals surface area (Å²) < 4.78 is 64.1. The Morgan fingerprint density at radius 3 is 2.31 bits per heavy atom. The van der Waals surface area contributed by atoms with Crippen LogP contribution in [0.2, 0.25) is 0 Å². The number of fused-ring (bicyclic) bond motifs is 4. The molecule has 2 aliphatic rings. The molecule has 0 fully saturated rings. The van der Waals surface area contributed by atoms with Crippen LogP contribution in [-0.2, 0) is 12.8 Å². The number of furan rings is 1. The summed E-state index contributed by atoms with van der Waals surface area (Å²) in [5, 5.41) is 0.349. The van der Waals surface area contributed by atoms with E-state index in [0.717, 1.165) is 36.9 Å². The third-order valence-corrected chi connectivity index (χ3v) is 5.52. The highest BCUT2D eigenvalue weighted by Gasteiger charge is 2.30. The third kappa shape index (κ3) is 4.68. The molecule has 0 radical (unpaired) electrons. The summed E-state index contributed by atoms with van der Waals surface area (Å²) in [6, 6.07) is 18.2. The zero-order valence-electron chi connectivity index (χ0n) is 18.4. The summed E-state index contributed by atoms with van der Waals surface area (Å²) in [5.74, 6) is 0.477. The lowest BCUT2D eigenvalue weighted by Gasteiger charge is -2.11. The number of carbonyl (C=O) groups excluding carboxylic acids is 1. The second-order valence-electron chi connectivity index (χ2n) is 7.90. The van der Waals surface area contributed by atoms with Crippen molar-refractivity contribution in [1.82, 2.24) is 9.97 Å². The van der Waals surface area contributed by atoms with Crippen molar-refractivity contribution in [2.24, 2.45) is 0 Å². The third-order valence-electron chi connectivity index (χ3n) is 5.52. The molecule has 0 aliphatic carbocycles. The molecule has 0 amide bonds. The molecule has 5 aromatic rings. The number of nitrogens with zero attached hydrogens (tertiary/aromatic N) is 2. The van der Waals surface area contributed by atoms with Crippen LogP contribution in [0, 0.1) is 5.82 Å². The van der Waals surface area contributed by atoms with Gasteiger partial charge >= 0.3 is 6.18 Å². The number of hydrogen-bond acceptors (Lipinski definition) is 5. The van der Waals surface area contributed by atoms with E-state index in [1.165, 1.54) is 35.9 Å². The van der Waals surface area contributed by atoms with Crippen LogP contribution in [0.5, 0.6) is 5.75 Å². The predicted octanol–water partition coefficient (Wildman–Crippen LogP) is 7.11. The van der Waals surface area contributed by atoms with Crippen molar-refractivity contribution in [1.29, 1.82) is 0 Å². The second kappa shape index (κ2) is 9.26. The van der Waals surface area contributed by atoms with Crippen LogP contribution in [-0.4, -0.2) is 16.3 Å². The topological polar surface area (TPSA) is 65.2 Å². The SMILES string of the molecule is O=Cc1ccc(-c2cc3c(-c4cccc(C(F)(F)F)c4)ncnc3cc2F)o1.c1cc2ccc1CO2. The lowest BCUT2D eigenvalue weighted by molar-refractivity contribution is -0.137. The van der Waals surface area contributed by atoms with Gasteiger partial charge in [0.05, 0.1) is 22.3 Å². The molecule has 180 valence electrons. The van der Waals surface area contributed by atoms with Crippen molar-refractivity contribution in [3.63, 3.8) is 0 Å². The van der Waals surface area contributed by atoms with Crippen LogP contribution >= 0.6 is 0 Å². The molecule has 2 aliphatic heterocycles. The molecule has 0 saturated carbocycles. The van der Waals surface area contributed by atoms with Gasteiger partial charge in [0.15, 0.2) is 12.0 Å². The highest BCUT2D eigenvalue weighted by molar-refractivity contribution is 5.95. The van der Waals surface area contributed by atoms with Crippen LogP contribution in [0.25, 0.3) is 33.5 Å². The molecular formula is C27H16F4N2O3. The Balaban J connectivity index is 0.000000280. The van der Waals surface area contributed by atoms with Crippen molar-refractivity contribution in [2.75, 3.05) is 0 Å². The van der Waals surface area contributed by atoms with Gasteiger partial charge in [0.2, 0.25) is 0 Å². The van der Waals surface area contributed by atoms with Crippen molar-refractivity contribution in [2.45, 2.75) is 12.8 Å². The van der Waals surface area contributed by atoms with Crippen molar-refractivity contribution >= 4 is 17.2 Å². The quantitative estimate of drug-likeness (QED) is 0.198. The summed E-state index contributed by atoms with van der Waals surface area (Å²) in [7, 11) is 0. The van der Waals surface area contributed by atoms with E-state index in [-0.39, 0.29) is 33.9 Å². The Hall–Kier alpha value is -4.53. The summed E-state index contributed by atoms with van der Waals surface area (Å²) in [4.78, 5) is 18.9. The molecule has 0 spiro atoms. The monoisotopic (exact) mass is 492 g/mol. The van der Waals surface area contributed by atoms with Crippen molar-refractivity contribution in [3.8, 4) is 28.3 Å². The zero-order valence-corrected chi connectivity index (χ0v) is 18.4. The lowest BCUT2D eigenvalue weighted by atomic mass is 10.0. The molecule has 0 N–H and O–H groups in total. The number of ether oxygens (including phenoxy) is 1. The minimum absolute atomic E-state index is 0.0249. The van der Waals surface area contributed by atoms with Gasteiger partial charge in [0.1, 0.15) is 30.3 Å². The van der Waals surface area contributed by atoms with Crippen LogP contribution in [0.15, 0.2) is 83.5 Å². The first kappa shape index (κ1) is 23.2. The van der Waals surface area contributed by atoms with E-state index in [1.54, 1.807) is 0 Å². The van der Waals surface area contributed by atoms with E-state index in [4.69, 9.17) is 9.15 Å². The normalized spacial score (nSPS) is 12.1. The number of halogens is 4. The van der Waals surface area contributed by atoms with E-state index >= 15 is 0 Å². The maximum Gasteiger partial charge on any atom is 0.416 e. The van der Waals surface area contributed by atoms with Gasteiger partial charge in [-0.15, -0.1) is 0 Å². The van der Waals surface area contributed by atoms with Gasteiger partial charge in [0.25, 0.3) is 0 Å². The molecule has 5 nitrogen and oxygen atoms in total. The number of aldehydes is 1. The minimum atomic E-state index is -4.50. The standard InChI is InChI=1S/C20H10F4N2O2.C7H6O/c21-16-8-17-15(7-14(16)18-5-4-13(9-27)28-18)19(26-10-25-17)11-2-1-3-12(6-11)20(22,23)24;1-3-7-4-2-6(1)5-8-7/h1-10H;1-4H,5H2. The Morgan fingerprint density at radius 1 is 0.917 bits per heavy atom. The number of hydrogen-bond donors (Lipinski definition) is 0. The fraction of sp³-hybridized carbons (Fsp3) is 0.0741. The highest BCUT2D eigenvalue weighted by atomic mass is 19.4. The largest absolute Gasteiger partial charge is 0.489 e. The molecule has 0 unspecified atom stereocenters. The van der Waals surface area contributed by atoms with Gasteiger partial charge in [-0.2, -0.15) is 13.2 Å². The Labute approximate surface area is 202 Å². The molecule has 3 aromatic carbocycles. The maximum atomic E-state index is 14.5. The fourth-order valence-corrected chi connectivity index (χ4v) is 3.75. The molecule has 7 rings (SSSR count). The molecule has 4 heterocycles. The van der Waals surface area contributed by atoms with E-state index < -0.39 is 17.6 Å². The first-order valence-corrected chi connectivity index (χ1v) is 10.7. The van der Waals surface area contributed by atoms with E-state index in [9.17, 15) is 22.4 Å². The van der Waals surface area contributed by atoms with Gasteiger partial charge in [-0.1, -0.05) is 24.3 Å². The minimum Gasteiger partial charge on any atom is -0.489 e. The predicted molar refractivity (Wildman–Crippen MR) is 124 cm³/mol. The van der Waals surface area contributed by atoms with Gasteiger partial charge in [-0.3, -0.25) is 4.79 Å². The summed E-state index contributed by atoms with van der Waals surface area (Å²) in [5.41, 5.74) is 1.16. The number of aromatic nitrogens is 2.